The molecule has 1 rings (SSSR count). The topological polar surface area (TPSA) is 66.8 Å². The number of ketones is 1. The summed E-state index contributed by atoms with van der Waals surface area (Å²) in [6, 6.07) is 0. The molecular weight excluding hydrogens is 148 g/mol. The van der Waals surface area contributed by atoms with E-state index >= 15 is 0 Å². The van der Waals surface area contributed by atoms with Crippen LogP contribution in [0.15, 0.2) is 0 Å². The van der Waals surface area contributed by atoms with E-state index in [0.717, 1.165) is 0 Å². The number of carbonyl (C=O) groups excluding carboxylic acids is 1. The van der Waals surface area contributed by atoms with Gasteiger partial charge in [-0.15, -0.1) is 0 Å². The molecule has 1 aliphatic heterocycles. The Morgan fingerprint density at radius 3 is 2.91 bits per heavy atom. The standard InChI is InChI=1S/C7H12O4/c1-4-5(9)2-6(10)7(3-8)11-4/h4-5,7-9H,2-3H2,1H3/t4-,5?,7?/m0/s1. The zero-order chi connectivity index (χ0) is 8.43. The molecule has 0 aliphatic carbocycles. The minimum atomic E-state index is -0.728. The first-order valence-electron chi connectivity index (χ1n) is 3.62. The van der Waals surface area contributed by atoms with Crippen LogP contribution in [0.25, 0.3) is 0 Å². The Morgan fingerprint density at radius 1 is 1.73 bits per heavy atom. The summed E-state index contributed by atoms with van der Waals surface area (Å²) in [5, 5.41) is 17.8. The highest BCUT2D eigenvalue weighted by Crippen LogP contribution is 2.15. The van der Waals surface area contributed by atoms with Crippen molar-refractivity contribution < 1.29 is 19.7 Å². The maximum Gasteiger partial charge on any atom is 0.166 e. The molecule has 1 fully saturated rings. The highest BCUT2D eigenvalue weighted by molar-refractivity contribution is 5.84. The first-order chi connectivity index (χ1) is 5.15. The second-order valence-corrected chi connectivity index (χ2v) is 2.75. The molecule has 0 radical (unpaired) electrons. The van der Waals surface area contributed by atoms with Gasteiger partial charge in [0.25, 0.3) is 0 Å². The van der Waals surface area contributed by atoms with Gasteiger partial charge in [0, 0.05) is 6.42 Å². The third-order valence-electron chi connectivity index (χ3n) is 1.86. The molecule has 2 unspecified atom stereocenters. The SMILES string of the molecule is C[C@@H]1OC(CO)C(=O)CC1O. The molecule has 2 N–H and O–H groups in total. The van der Waals surface area contributed by atoms with E-state index in [2.05, 4.69) is 0 Å². The van der Waals surface area contributed by atoms with Crippen LogP contribution < -0.4 is 0 Å². The first-order valence-corrected chi connectivity index (χ1v) is 3.62. The van der Waals surface area contributed by atoms with Gasteiger partial charge < -0.3 is 14.9 Å². The zero-order valence-corrected chi connectivity index (χ0v) is 6.36. The summed E-state index contributed by atoms with van der Waals surface area (Å²) in [4.78, 5) is 10.9. The van der Waals surface area contributed by atoms with Crippen molar-refractivity contribution >= 4 is 5.78 Å². The van der Waals surface area contributed by atoms with E-state index < -0.39 is 12.2 Å². The lowest BCUT2D eigenvalue weighted by Crippen LogP contribution is -2.44. The average molecular weight is 160 g/mol. The molecule has 0 aromatic carbocycles. The molecule has 0 saturated carbocycles. The third kappa shape index (κ3) is 1.77. The predicted molar refractivity (Wildman–Crippen MR) is 37.1 cm³/mol. The summed E-state index contributed by atoms with van der Waals surface area (Å²) in [6.07, 6.45) is -1.71. The van der Waals surface area contributed by atoms with E-state index in [0.29, 0.717) is 0 Å². The molecule has 1 saturated heterocycles. The van der Waals surface area contributed by atoms with Gasteiger partial charge in [0.15, 0.2) is 5.78 Å². The van der Waals surface area contributed by atoms with E-state index in [9.17, 15) is 4.79 Å². The molecule has 4 heteroatoms. The molecule has 1 heterocycles. The van der Waals surface area contributed by atoms with Gasteiger partial charge in [-0.05, 0) is 6.92 Å². The normalized spacial score (nSPS) is 39.2. The Morgan fingerprint density at radius 2 is 2.36 bits per heavy atom. The number of rotatable bonds is 1. The quantitative estimate of drug-likeness (QED) is 0.521. The largest absolute Gasteiger partial charge is 0.393 e. The minimum absolute atomic E-state index is 0.0897. The number of hydrogen-bond acceptors (Lipinski definition) is 4. The van der Waals surface area contributed by atoms with Crippen molar-refractivity contribution in [3.63, 3.8) is 0 Å². The summed E-state index contributed by atoms with van der Waals surface area (Å²) in [6.45, 7) is 1.38. The molecule has 0 amide bonds. The summed E-state index contributed by atoms with van der Waals surface area (Å²) in [5.41, 5.74) is 0. The molecule has 11 heavy (non-hydrogen) atoms. The van der Waals surface area contributed by atoms with Crippen LogP contribution in [0.5, 0.6) is 0 Å². The number of Topliss-reactive ketones (excluding diaryl/α,β-unsaturated/α-hetero) is 1. The summed E-state index contributed by atoms with van der Waals surface area (Å²) in [7, 11) is 0. The highest BCUT2D eigenvalue weighted by Gasteiger charge is 2.32. The molecule has 1 aliphatic rings. The van der Waals surface area contributed by atoms with Crippen molar-refractivity contribution in [1.29, 1.82) is 0 Å². The Hall–Kier alpha value is -0.450. The van der Waals surface area contributed by atoms with Crippen molar-refractivity contribution in [3.05, 3.63) is 0 Å². The van der Waals surface area contributed by atoms with Crippen LogP contribution in [-0.4, -0.2) is 40.9 Å². The lowest BCUT2D eigenvalue weighted by molar-refractivity contribution is -0.159. The van der Waals surface area contributed by atoms with Crippen molar-refractivity contribution in [2.24, 2.45) is 0 Å². The van der Waals surface area contributed by atoms with Gasteiger partial charge in [0.1, 0.15) is 6.10 Å². The van der Waals surface area contributed by atoms with Gasteiger partial charge in [-0.1, -0.05) is 0 Å². The predicted octanol–water partition coefficient (Wildman–Crippen LogP) is -0.914. The van der Waals surface area contributed by atoms with Crippen molar-refractivity contribution in [3.8, 4) is 0 Å². The number of ether oxygens (including phenoxy) is 1. The molecule has 0 spiro atoms. The van der Waals surface area contributed by atoms with Gasteiger partial charge in [-0.3, -0.25) is 4.79 Å². The van der Waals surface area contributed by atoms with Gasteiger partial charge in [0.05, 0.1) is 18.8 Å². The van der Waals surface area contributed by atoms with E-state index in [4.69, 9.17) is 14.9 Å². The van der Waals surface area contributed by atoms with Crippen LogP contribution in [0.2, 0.25) is 0 Å². The van der Waals surface area contributed by atoms with Crippen LogP contribution in [0.4, 0.5) is 0 Å². The smallest absolute Gasteiger partial charge is 0.166 e. The lowest BCUT2D eigenvalue weighted by Gasteiger charge is -2.29. The van der Waals surface area contributed by atoms with E-state index in [1.54, 1.807) is 6.92 Å². The van der Waals surface area contributed by atoms with Crippen LogP contribution in [-0.2, 0) is 9.53 Å². The van der Waals surface area contributed by atoms with Crippen LogP contribution >= 0.6 is 0 Å². The van der Waals surface area contributed by atoms with E-state index in [1.165, 1.54) is 0 Å². The maximum absolute atomic E-state index is 10.9. The second-order valence-electron chi connectivity index (χ2n) is 2.75. The lowest BCUT2D eigenvalue weighted by atomic mass is 10.0. The number of carbonyl (C=O) groups is 1. The van der Waals surface area contributed by atoms with Crippen molar-refractivity contribution in [2.45, 2.75) is 31.7 Å². The fourth-order valence-corrected chi connectivity index (χ4v) is 1.07. The third-order valence-corrected chi connectivity index (χ3v) is 1.86. The van der Waals surface area contributed by atoms with Gasteiger partial charge in [-0.2, -0.15) is 0 Å². The number of aliphatic hydroxyl groups excluding tert-OH is 2. The molecule has 64 valence electrons. The number of aliphatic hydroxyl groups is 2. The zero-order valence-electron chi connectivity index (χ0n) is 6.36. The molecule has 0 aromatic rings. The van der Waals surface area contributed by atoms with Gasteiger partial charge >= 0.3 is 0 Å². The Kier molecular flexibility index (Phi) is 2.59. The van der Waals surface area contributed by atoms with Crippen molar-refractivity contribution in [2.75, 3.05) is 6.61 Å². The second kappa shape index (κ2) is 3.30. The van der Waals surface area contributed by atoms with Crippen LogP contribution in [0.3, 0.4) is 0 Å². The fraction of sp³-hybridized carbons (Fsp3) is 0.857. The first kappa shape index (κ1) is 8.64. The number of hydrogen-bond donors (Lipinski definition) is 2. The fourth-order valence-electron chi connectivity index (χ4n) is 1.07. The summed E-state index contributed by atoms with van der Waals surface area (Å²) in [5.74, 6) is -0.224. The molecule has 0 aromatic heterocycles. The Labute approximate surface area is 64.8 Å². The van der Waals surface area contributed by atoms with Gasteiger partial charge in [-0.25, -0.2) is 0 Å². The molecule has 3 atom stereocenters. The van der Waals surface area contributed by atoms with Gasteiger partial charge in [0.2, 0.25) is 0 Å². The van der Waals surface area contributed by atoms with E-state index in [-0.39, 0.29) is 24.9 Å². The molecular formula is C7H12O4. The maximum atomic E-state index is 10.9. The van der Waals surface area contributed by atoms with Crippen molar-refractivity contribution in [1.82, 2.24) is 0 Å². The van der Waals surface area contributed by atoms with Crippen LogP contribution in [0, 0.1) is 0 Å². The van der Waals surface area contributed by atoms with Crippen LogP contribution in [0.1, 0.15) is 13.3 Å². The van der Waals surface area contributed by atoms with E-state index in [1.807, 2.05) is 0 Å². The summed E-state index contributed by atoms with van der Waals surface area (Å²) < 4.78 is 5.01. The molecule has 4 nitrogen and oxygen atoms in total. The monoisotopic (exact) mass is 160 g/mol. The molecule has 0 bridgehead atoms. The summed E-state index contributed by atoms with van der Waals surface area (Å²) >= 11 is 0. The average Bonchev–Trinajstić information content (AvgIpc) is 1.97. The Bertz CT molecular complexity index is 157. The minimum Gasteiger partial charge on any atom is -0.393 e. The Balaban J connectivity index is 2.55. The highest BCUT2D eigenvalue weighted by atomic mass is 16.5.